The average molecular weight is 932 g/mol. The van der Waals surface area contributed by atoms with Crippen molar-refractivity contribution in [1.82, 2.24) is 15.5 Å². The highest BCUT2D eigenvalue weighted by Gasteiger charge is 2.71. The Labute approximate surface area is 393 Å². The normalized spacial score (nSPS) is 37.9. The van der Waals surface area contributed by atoms with Crippen LogP contribution in [0.2, 0.25) is 0 Å². The Hall–Kier alpha value is -3.58. The average Bonchev–Trinajstić information content (AvgIpc) is 3.51. The van der Waals surface area contributed by atoms with Gasteiger partial charge in [0.05, 0.1) is 28.9 Å². The number of allylic oxidation sites excluding steroid dienone is 1. The summed E-state index contributed by atoms with van der Waals surface area (Å²) in [5.74, 6) is -1.50. The first kappa shape index (κ1) is 48.9. The number of rotatable bonds is 10. The van der Waals surface area contributed by atoms with Gasteiger partial charge in [-0.05, 0) is 146 Å². The highest BCUT2D eigenvalue weighted by atomic mass is 32.2. The van der Waals surface area contributed by atoms with E-state index in [1.54, 1.807) is 26.0 Å². The van der Waals surface area contributed by atoms with E-state index in [1.807, 2.05) is 26.0 Å². The Morgan fingerprint density at radius 2 is 1.48 bits per heavy atom. The molecular weight excluding hydrogens is 855 g/mol. The Bertz CT molecular complexity index is 2320. The molecule has 5 saturated carbocycles. The van der Waals surface area contributed by atoms with E-state index in [2.05, 4.69) is 64.0 Å². The lowest BCUT2D eigenvalue weighted by Crippen LogP contribution is -2.68. The number of benzene rings is 1. The van der Waals surface area contributed by atoms with Crippen LogP contribution in [0.5, 0.6) is 0 Å². The lowest BCUT2D eigenvalue weighted by Gasteiger charge is -2.72. The van der Waals surface area contributed by atoms with Crippen molar-refractivity contribution in [1.29, 1.82) is 0 Å². The van der Waals surface area contributed by atoms with Gasteiger partial charge in [-0.3, -0.25) is 28.9 Å². The molecule has 1 heterocycles. The number of nitrogens with one attached hydrogen (secondary N) is 2. The predicted molar refractivity (Wildman–Crippen MR) is 253 cm³/mol. The molecule has 10 atom stereocenters. The minimum Gasteiger partial charge on any atom is -0.481 e. The molecular formula is C53H77N3O9S. The first-order valence-electron chi connectivity index (χ1n) is 24.9. The van der Waals surface area contributed by atoms with E-state index in [0.29, 0.717) is 49.9 Å². The zero-order chi connectivity index (χ0) is 48.4. The van der Waals surface area contributed by atoms with E-state index in [-0.39, 0.29) is 81.1 Å². The summed E-state index contributed by atoms with van der Waals surface area (Å²) < 4.78 is 30.2. The third-order valence-electron chi connectivity index (χ3n) is 19.9. The van der Waals surface area contributed by atoms with Crippen LogP contribution in [0.3, 0.4) is 0 Å². The van der Waals surface area contributed by atoms with E-state index in [0.717, 1.165) is 61.7 Å². The highest BCUT2D eigenvalue weighted by molar-refractivity contribution is 7.91. The Morgan fingerprint density at radius 3 is 2.09 bits per heavy atom. The second-order valence-corrected chi connectivity index (χ2v) is 27.0. The number of sulfone groups is 1. The standard InChI is InChI=1S/C53H77N3O9S/c1-31(2)41-37(57)29-53(55-46(62)49(7,8)54-43(58)33-14-12-32(13-15-33)30-56-24-26-66(63,64)27-25-56)23-22-51(10)34(42(41)53)16-17-39-50(9)20-19-40(48(5,6)38(50)18-21-52(39,51)11)65-45(61)36-28-35(44(59)60)47(36,3)4/h12-15,31,34-36,38-40H,16-30H2,1-11H3,(H,54,58)(H,55,62)(H,59,60)/t34-,35+,36-,38+,39-,40+,50+,51-,52-,53-/m1/s1. The van der Waals surface area contributed by atoms with Crippen LogP contribution in [0.4, 0.5) is 0 Å². The van der Waals surface area contributed by atoms with Crippen molar-refractivity contribution in [2.75, 3.05) is 24.6 Å². The van der Waals surface area contributed by atoms with Gasteiger partial charge in [0.25, 0.3) is 5.91 Å². The van der Waals surface area contributed by atoms with Crippen molar-refractivity contribution in [3.63, 3.8) is 0 Å². The number of ketones is 1. The fourth-order valence-electron chi connectivity index (χ4n) is 15.6. The van der Waals surface area contributed by atoms with Crippen molar-refractivity contribution in [3.05, 3.63) is 46.5 Å². The first-order chi connectivity index (χ1) is 30.5. The van der Waals surface area contributed by atoms with Crippen LogP contribution in [0.1, 0.15) is 156 Å². The van der Waals surface area contributed by atoms with E-state index in [4.69, 9.17) is 4.74 Å². The second kappa shape index (κ2) is 16.3. The Balaban J connectivity index is 0.981. The maximum Gasteiger partial charge on any atom is 0.309 e. The molecule has 1 aliphatic heterocycles. The molecule has 0 unspecified atom stereocenters. The van der Waals surface area contributed by atoms with Crippen LogP contribution in [-0.2, 0) is 40.3 Å². The van der Waals surface area contributed by atoms with Crippen LogP contribution in [0, 0.1) is 62.6 Å². The summed E-state index contributed by atoms with van der Waals surface area (Å²) in [4.78, 5) is 70.2. The van der Waals surface area contributed by atoms with Crippen molar-refractivity contribution >= 4 is 39.4 Å². The van der Waals surface area contributed by atoms with Crippen LogP contribution >= 0.6 is 0 Å². The number of carboxylic acid groups (broad SMARTS) is 1. The van der Waals surface area contributed by atoms with Crippen LogP contribution < -0.4 is 10.6 Å². The summed E-state index contributed by atoms with van der Waals surface area (Å²) in [5, 5.41) is 16.2. The number of aliphatic carboxylic acids is 1. The summed E-state index contributed by atoms with van der Waals surface area (Å²) >= 11 is 0. The molecule has 2 amide bonds. The van der Waals surface area contributed by atoms with Gasteiger partial charge < -0.3 is 20.5 Å². The van der Waals surface area contributed by atoms with E-state index in [1.165, 1.54) is 0 Å². The van der Waals surface area contributed by atoms with Gasteiger partial charge in [-0.2, -0.15) is 0 Å². The lowest BCUT2D eigenvalue weighted by atomic mass is 9.33. The first-order valence-corrected chi connectivity index (χ1v) is 26.7. The molecule has 0 aromatic heterocycles. The Kier molecular flexibility index (Phi) is 12.0. The maximum atomic E-state index is 14.6. The van der Waals surface area contributed by atoms with Gasteiger partial charge in [0.2, 0.25) is 5.91 Å². The van der Waals surface area contributed by atoms with Gasteiger partial charge in [0.15, 0.2) is 15.6 Å². The number of carboxylic acids is 1. The molecule has 1 aromatic carbocycles. The van der Waals surface area contributed by atoms with Gasteiger partial charge >= 0.3 is 11.9 Å². The molecule has 1 saturated heterocycles. The molecule has 0 spiro atoms. The van der Waals surface area contributed by atoms with Crippen molar-refractivity contribution < 1.29 is 42.2 Å². The molecule has 8 rings (SSSR count). The number of fused-ring (bicyclic) bond motifs is 7. The third kappa shape index (κ3) is 7.70. The summed E-state index contributed by atoms with van der Waals surface area (Å²) in [6.45, 7) is 25.0. The zero-order valence-corrected chi connectivity index (χ0v) is 42.3. The van der Waals surface area contributed by atoms with Crippen LogP contribution in [-0.4, -0.2) is 89.7 Å². The largest absolute Gasteiger partial charge is 0.481 e. The van der Waals surface area contributed by atoms with Gasteiger partial charge in [-0.15, -0.1) is 0 Å². The number of nitrogens with zero attached hydrogens (tertiary/aromatic N) is 1. The summed E-state index contributed by atoms with van der Waals surface area (Å²) in [6.07, 6.45) is 7.48. The summed E-state index contributed by atoms with van der Waals surface area (Å²) in [7, 11) is -2.98. The third-order valence-corrected chi connectivity index (χ3v) is 21.5. The summed E-state index contributed by atoms with van der Waals surface area (Å²) in [5.41, 5.74) is 0.187. The highest BCUT2D eigenvalue weighted by Crippen LogP contribution is 2.76. The molecule has 13 heteroatoms. The van der Waals surface area contributed by atoms with E-state index < -0.39 is 44.1 Å². The minimum atomic E-state index is -2.98. The number of carbonyl (C=O) groups is 5. The molecule has 3 N–H and O–H groups in total. The molecule has 66 heavy (non-hydrogen) atoms. The lowest BCUT2D eigenvalue weighted by molar-refractivity contribution is -0.235. The fraction of sp³-hybridized carbons (Fsp3) is 0.755. The zero-order valence-electron chi connectivity index (χ0n) is 41.5. The molecule has 0 radical (unpaired) electrons. The number of amides is 2. The van der Waals surface area contributed by atoms with E-state index >= 15 is 0 Å². The second-order valence-electron chi connectivity index (χ2n) is 24.7. The molecule has 1 aromatic rings. The number of esters is 1. The quantitative estimate of drug-likeness (QED) is 0.195. The maximum absolute atomic E-state index is 14.6. The van der Waals surface area contributed by atoms with Crippen LogP contribution in [0.25, 0.3) is 0 Å². The minimum absolute atomic E-state index is 0.00227. The van der Waals surface area contributed by atoms with Crippen molar-refractivity contribution in [3.8, 4) is 0 Å². The Morgan fingerprint density at radius 1 is 0.833 bits per heavy atom. The summed E-state index contributed by atoms with van der Waals surface area (Å²) in [6, 6.07) is 7.24. The van der Waals surface area contributed by atoms with Gasteiger partial charge in [-0.25, -0.2) is 8.42 Å². The molecule has 6 aliphatic carbocycles. The van der Waals surface area contributed by atoms with Crippen molar-refractivity contribution in [2.45, 2.75) is 164 Å². The van der Waals surface area contributed by atoms with Gasteiger partial charge in [0, 0.05) is 37.0 Å². The number of Topliss-reactive ketones (excluding diaryl/α,β-unsaturated/α-hetero) is 1. The van der Waals surface area contributed by atoms with Crippen molar-refractivity contribution in [2.24, 2.45) is 62.6 Å². The predicted octanol–water partition coefficient (Wildman–Crippen LogP) is 7.93. The number of carbonyl (C=O) groups excluding carboxylic acids is 4. The number of hydrogen-bond donors (Lipinski definition) is 3. The van der Waals surface area contributed by atoms with E-state index in [9.17, 15) is 37.5 Å². The molecule has 364 valence electrons. The fourth-order valence-corrected chi connectivity index (χ4v) is 16.9. The molecule has 6 fully saturated rings. The smallest absolute Gasteiger partial charge is 0.309 e. The number of hydrogen-bond acceptors (Lipinski definition) is 9. The molecule has 0 bridgehead atoms. The topological polar surface area (TPSA) is 176 Å². The van der Waals surface area contributed by atoms with Crippen LogP contribution in [0.15, 0.2) is 35.4 Å². The SMILES string of the molecule is CC(C)C1=C2[C@H]3CC[C@@H]4[C@@]5(C)CC[C@H](OC(=O)[C@H]6C[C@@H](C(=O)O)C6(C)C)C(C)(C)[C@@H]5CC[C@@]4(C)[C@]3(C)CC[C@@]2(NC(=O)C(C)(C)NC(=O)c2ccc(CN3CCS(=O)(=O)CC3)cc2)CC1=O. The molecule has 7 aliphatic rings. The molecule has 12 nitrogen and oxygen atoms in total. The van der Waals surface area contributed by atoms with Gasteiger partial charge in [0.1, 0.15) is 11.6 Å². The van der Waals surface area contributed by atoms with Gasteiger partial charge in [-0.1, -0.05) is 74.4 Å². The monoisotopic (exact) mass is 932 g/mol. The number of ether oxygens (including phenoxy) is 1.